The van der Waals surface area contributed by atoms with Gasteiger partial charge in [0.2, 0.25) is 5.91 Å². The number of amides is 1. The van der Waals surface area contributed by atoms with E-state index in [1.54, 1.807) is 0 Å². The highest BCUT2D eigenvalue weighted by Crippen LogP contribution is 2.29. The third kappa shape index (κ3) is 4.90. The minimum Gasteiger partial charge on any atom is -0.355 e. The van der Waals surface area contributed by atoms with Crippen molar-refractivity contribution < 1.29 is 18.0 Å². The molecule has 2 N–H and O–H groups in total. The second kappa shape index (κ2) is 6.91. The van der Waals surface area contributed by atoms with Crippen LogP contribution in [-0.4, -0.2) is 19.0 Å². The molecular formula is C13H14F3N3O. The average molecular weight is 285 g/mol. The van der Waals surface area contributed by atoms with Gasteiger partial charge in [0, 0.05) is 20.0 Å². The van der Waals surface area contributed by atoms with Crippen molar-refractivity contribution in [2.24, 2.45) is 0 Å². The molecule has 0 radical (unpaired) electrons. The molecule has 0 heterocycles. The van der Waals surface area contributed by atoms with Crippen molar-refractivity contribution in [1.29, 1.82) is 5.26 Å². The number of rotatable bonds is 5. The summed E-state index contributed by atoms with van der Waals surface area (Å²) >= 11 is 0. The van der Waals surface area contributed by atoms with Gasteiger partial charge in [0.05, 0.1) is 11.6 Å². The van der Waals surface area contributed by atoms with Gasteiger partial charge in [-0.3, -0.25) is 10.1 Å². The second-order valence-electron chi connectivity index (χ2n) is 4.12. The van der Waals surface area contributed by atoms with Gasteiger partial charge >= 0.3 is 6.18 Å². The number of nitrogens with one attached hydrogen (secondary N) is 2. The molecule has 0 aromatic heterocycles. The highest BCUT2D eigenvalue weighted by molar-refractivity contribution is 5.72. The lowest BCUT2D eigenvalue weighted by atomic mass is 10.1. The smallest absolute Gasteiger partial charge is 0.355 e. The van der Waals surface area contributed by atoms with Gasteiger partial charge in [-0.1, -0.05) is 12.1 Å². The number of benzene rings is 1. The minimum atomic E-state index is -4.39. The number of carbonyl (C=O) groups is 1. The number of hydrogen-bond acceptors (Lipinski definition) is 3. The van der Waals surface area contributed by atoms with E-state index in [4.69, 9.17) is 5.26 Å². The summed E-state index contributed by atoms with van der Waals surface area (Å²) in [5.41, 5.74) is -0.306. The van der Waals surface area contributed by atoms with Gasteiger partial charge in [0.25, 0.3) is 0 Å². The van der Waals surface area contributed by atoms with Crippen molar-refractivity contribution >= 4 is 5.91 Å². The first-order valence-electron chi connectivity index (χ1n) is 5.89. The molecule has 4 nitrogen and oxygen atoms in total. The zero-order chi connectivity index (χ0) is 15.2. The normalized spacial score (nSPS) is 12.6. The van der Waals surface area contributed by atoms with E-state index in [2.05, 4.69) is 10.6 Å². The number of nitriles is 1. The molecule has 0 aliphatic heterocycles. The van der Waals surface area contributed by atoms with Crippen molar-refractivity contribution in [3.8, 4) is 6.07 Å². The summed E-state index contributed by atoms with van der Waals surface area (Å²) < 4.78 is 37.2. The van der Waals surface area contributed by atoms with Crippen LogP contribution >= 0.6 is 0 Å². The van der Waals surface area contributed by atoms with Crippen molar-refractivity contribution in [3.05, 3.63) is 35.4 Å². The predicted molar refractivity (Wildman–Crippen MR) is 66.5 cm³/mol. The first-order chi connectivity index (χ1) is 9.34. The van der Waals surface area contributed by atoms with E-state index in [-0.39, 0.29) is 5.91 Å². The van der Waals surface area contributed by atoms with E-state index < -0.39 is 17.8 Å². The molecule has 1 amide bonds. The molecule has 108 valence electrons. The Morgan fingerprint density at radius 1 is 1.30 bits per heavy atom. The lowest BCUT2D eigenvalue weighted by Gasteiger charge is -2.13. The Labute approximate surface area is 114 Å². The zero-order valence-electron chi connectivity index (χ0n) is 10.8. The number of nitrogens with zero attached hydrogens (tertiary/aromatic N) is 1. The molecule has 1 aromatic carbocycles. The number of halogens is 3. The van der Waals surface area contributed by atoms with Crippen LogP contribution < -0.4 is 10.6 Å². The Morgan fingerprint density at radius 2 is 1.90 bits per heavy atom. The summed E-state index contributed by atoms with van der Waals surface area (Å²) in [6.45, 7) is 2.06. The van der Waals surface area contributed by atoms with Crippen LogP contribution in [0.2, 0.25) is 0 Å². The predicted octanol–water partition coefficient (Wildman–Crippen LogP) is 2.00. The maximum Gasteiger partial charge on any atom is 0.416 e. The quantitative estimate of drug-likeness (QED) is 0.813. The van der Waals surface area contributed by atoms with Crippen LogP contribution in [0.1, 0.15) is 24.1 Å². The summed E-state index contributed by atoms with van der Waals surface area (Å²) in [4.78, 5) is 10.6. The topological polar surface area (TPSA) is 64.9 Å². The average Bonchev–Trinajstić information content (AvgIpc) is 2.38. The highest BCUT2D eigenvalue weighted by Gasteiger charge is 2.30. The van der Waals surface area contributed by atoms with Gasteiger partial charge in [-0.05, 0) is 17.7 Å². The maximum atomic E-state index is 12.4. The lowest BCUT2D eigenvalue weighted by molar-refractivity contribution is -0.137. The Bertz CT molecular complexity index is 491. The van der Waals surface area contributed by atoms with Gasteiger partial charge in [-0.15, -0.1) is 0 Å². The SMILES string of the molecule is CC(=O)NCCNC(C#N)c1ccc(C(F)(F)F)cc1. The maximum absolute atomic E-state index is 12.4. The largest absolute Gasteiger partial charge is 0.416 e. The van der Waals surface area contributed by atoms with Crippen LogP contribution in [-0.2, 0) is 11.0 Å². The summed E-state index contributed by atoms with van der Waals surface area (Å²) in [7, 11) is 0. The molecule has 0 aliphatic carbocycles. The molecule has 1 unspecified atom stereocenters. The minimum absolute atomic E-state index is 0.185. The monoisotopic (exact) mass is 285 g/mol. The first-order valence-corrected chi connectivity index (χ1v) is 5.89. The van der Waals surface area contributed by atoms with E-state index in [9.17, 15) is 18.0 Å². The van der Waals surface area contributed by atoms with Crippen LogP contribution in [0.15, 0.2) is 24.3 Å². The molecule has 0 fully saturated rings. The summed E-state index contributed by atoms with van der Waals surface area (Å²) in [6, 6.07) is 5.65. The van der Waals surface area contributed by atoms with E-state index in [1.807, 2.05) is 6.07 Å². The third-order valence-electron chi connectivity index (χ3n) is 2.55. The van der Waals surface area contributed by atoms with Gasteiger partial charge in [0.1, 0.15) is 6.04 Å². The molecule has 1 aromatic rings. The molecule has 0 spiro atoms. The lowest BCUT2D eigenvalue weighted by Crippen LogP contribution is -2.32. The molecule has 20 heavy (non-hydrogen) atoms. The fourth-order valence-electron chi connectivity index (χ4n) is 1.56. The van der Waals surface area contributed by atoms with E-state index in [0.29, 0.717) is 18.7 Å². The second-order valence-corrected chi connectivity index (χ2v) is 4.12. The Kier molecular flexibility index (Phi) is 5.53. The zero-order valence-corrected chi connectivity index (χ0v) is 10.8. The summed E-state index contributed by atoms with van der Waals surface area (Å²) in [5.74, 6) is -0.185. The van der Waals surface area contributed by atoms with Crippen LogP contribution in [0, 0.1) is 11.3 Å². The number of hydrogen-bond donors (Lipinski definition) is 2. The van der Waals surface area contributed by atoms with Gasteiger partial charge in [-0.25, -0.2) is 0 Å². The molecule has 1 rings (SSSR count). The third-order valence-corrected chi connectivity index (χ3v) is 2.55. The Balaban J connectivity index is 2.62. The van der Waals surface area contributed by atoms with Gasteiger partial charge in [0.15, 0.2) is 0 Å². The van der Waals surface area contributed by atoms with Crippen molar-refractivity contribution in [1.82, 2.24) is 10.6 Å². The number of carbonyl (C=O) groups excluding carboxylic acids is 1. The van der Waals surface area contributed by atoms with Crippen LogP contribution in [0.5, 0.6) is 0 Å². The Hall–Kier alpha value is -2.07. The number of alkyl halides is 3. The molecular weight excluding hydrogens is 271 g/mol. The van der Waals surface area contributed by atoms with Crippen molar-refractivity contribution in [2.75, 3.05) is 13.1 Å². The molecule has 7 heteroatoms. The molecule has 0 aliphatic rings. The summed E-state index contributed by atoms with van der Waals surface area (Å²) in [6.07, 6.45) is -4.39. The van der Waals surface area contributed by atoms with Crippen LogP contribution in [0.4, 0.5) is 13.2 Å². The van der Waals surface area contributed by atoms with Crippen LogP contribution in [0.3, 0.4) is 0 Å². The first kappa shape index (κ1) is 16.0. The molecule has 0 saturated carbocycles. The fourth-order valence-corrected chi connectivity index (χ4v) is 1.56. The van der Waals surface area contributed by atoms with E-state index >= 15 is 0 Å². The summed E-state index contributed by atoms with van der Waals surface area (Å²) in [5, 5.41) is 14.4. The Morgan fingerprint density at radius 3 is 2.35 bits per heavy atom. The van der Waals surface area contributed by atoms with Crippen molar-refractivity contribution in [3.63, 3.8) is 0 Å². The molecule has 1 atom stereocenters. The van der Waals surface area contributed by atoms with Crippen molar-refractivity contribution in [2.45, 2.75) is 19.1 Å². The standard InChI is InChI=1S/C13H14F3N3O/c1-9(20)18-6-7-19-12(8-17)10-2-4-11(5-3-10)13(14,15)16/h2-5,12,19H,6-7H2,1H3,(H,18,20). The van der Waals surface area contributed by atoms with E-state index in [0.717, 1.165) is 12.1 Å². The van der Waals surface area contributed by atoms with E-state index in [1.165, 1.54) is 19.1 Å². The van der Waals surface area contributed by atoms with Gasteiger partial charge in [-0.2, -0.15) is 18.4 Å². The fraction of sp³-hybridized carbons (Fsp3) is 0.385. The highest BCUT2D eigenvalue weighted by atomic mass is 19.4. The van der Waals surface area contributed by atoms with Gasteiger partial charge < -0.3 is 5.32 Å². The van der Waals surface area contributed by atoms with Crippen LogP contribution in [0.25, 0.3) is 0 Å². The molecule has 0 bridgehead atoms. The molecule has 0 saturated heterocycles.